The summed E-state index contributed by atoms with van der Waals surface area (Å²) < 4.78 is 31.7. The third-order valence-corrected chi connectivity index (χ3v) is 3.65. The zero-order valence-corrected chi connectivity index (χ0v) is 14.2. The maximum atomic E-state index is 11.4. The van der Waals surface area contributed by atoms with Crippen LogP contribution in [0.5, 0.6) is 0 Å². The van der Waals surface area contributed by atoms with Gasteiger partial charge in [0.1, 0.15) is 0 Å². The Kier molecular flexibility index (Phi) is 7.63. The van der Waals surface area contributed by atoms with Gasteiger partial charge in [0.25, 0.3) is 5.91 Å². The SMILES string of the molecule is O=C(NC1=NCc2c(ccc(Cl)c2Cl)N1)C(O)CO.O=C(O)C(F)(F)F. The van der Waals surface area contributed by atoms with Crippen LogP contribution in [0.1, 0.15) is 5.56 Å². The fraction of sp³-hybridized carbons (Fsp3) is 0.308. The van der Waals surface area contributed by atoms with Crippen LogP contribution in [-0.2, 0) is 16.1 Å². The van der Waals surface area contributed by atoms with Crippen molar-refractivity contribution in [3.8, 4) is 0 Å². The van der Waals surface area contributed by atoms with Crippen molar-refractivity contribution in [3.05, 3.63) is 27.7 Å². The molecule has 0 bridgehead atoms. The number of nitrogens with zero attached hydrogens (tertiary/aromatic N) is 1. The summed E-state index contributed by atoms with van der Waals surface area (Å²) in [5, 5.41) is 31.0. The van der Waals surface area contributed by atoms with Crippen molar-refractivity contribution in [1.82, 2.24) is 5.32 Å². The molecule has 1 aromatic rings. The van der Waals surface area contributed by atoms with Gasteiger partial charge in [-0.3, -0.25) is 10.1 Å². The molecule has 5 N–H and O–H groups in total. The van der Waals surface area contributed by atoms with Gasteiger partial charge in [-0.05, 0) is 12.1 Å². The minimum absolute atomic E-state index is 0.184. The van der Waals surface area contributed by atoms with Crippen molar-refractivity contribution in [2.75, 3.05) is 11.9 Å². The number of aliphatic hydroxyl groups is 2. The van der Waals surface area contributed by atoms with Crippen LogP contribution < -0.4 is 10.6 Å². The Morgan fingerprint density at radius 1 is 1.35 bits per heavy atom. The number of halogens is 5. The first kappa shape index (κ1) is 22.0. The second-order valence-electron chi connectivity index (χ2n) is 4.67. The largest absolute Gasteiger partial charge is 0.490 e. The normalized spacial score (nSPS) is 14.0. The highest BCUT2D eigenvalue weighted by Crippen LogP contribution is 2.33. The maximum Gasteiger partial charge on any atom is 0.490 e. The van der Waals surface area contributed by atoms with Gasteiger partial charge in [0, 0.05) is 11.3 Å². The molecule has 0 radical (unpaired) electrons. The van der Waals surface area contributed by atoms with Crippen LogP contribution in [0.25, 0.3) is 0 Å². The van der Waals surface area contributed by atoms with E-state index in [-0.39, 0.29) is 12.5 Å². The molecule has 2 rings (SSSR count). The molecule has 1 aliphatic rings. The molecule has 0 spiro atoms. The van der Waals surface area contributed by atoms with Gasteiger partial charge >= 0.3 is 12.1 Å². The van der Waals surface area contributed by atoms with Crippen LogP contribution in [0.4, 0.5) is 18.9 Å². The zero-order valence-electron chi connectivity index (χ0n) is 12.6. The number of alkyl halides is 3. The highest BCUT2D eigenvalue weighted by atomic mass is 35.5. The van der Waals surface area contributed by atoms with Crippen LogP contribution in [-0.4, -0.2) is 52.0 Å². The number of amides is 1. The number of benzene rings is 1. The molecule has 13 heteroatoms. The predicted octanol–water partition coefficient (Wildman–Crippen LogP) is 1.38. The van der Waals surface area contributed by atoms with E-state index in [2.05, 4.69) is 15.6 Å². The lowest BCUT2D eigenvalue weighted by Gasteiger charge is -2.20. The van der Waals surface area contributed by atoms with E-state index in [9.17, 15) is 18.0 Å². The van der Waals surface area contributed by atoms with Crippen molar-refractivity contribution in [3.63, 3.8) is 0 Å². The fourth-order valence-electron chi connectivity index (χ4n) is 1.54. The number of carbonyl (C=O) groups is 2. The molecule has 0 saturated heterocycles. The van der Waals surface area contributed by atoms with E-state index in [4.69, 9.17) is 43.3 Å². The monoisotopic (exact) mass is 417 g/mol. The Balaban J connectivity index is 0.000000412. The van der Waals surface area contributed by atoms with Crippen molar-refractivity contribution in [2.45, 2.75) is 18.8 Å². The molecule has 0 aliphatic carbocycles. The van der Waals surface area contributed by atoms with Gasteiger partial charge in [-0.2, -0.15) is 13.2 Å². The summed E-state index contributed by atoms with van der Waals surface area (Å²) >= 11 is 11.9. The van der Waals surface area contributed by atoms with Gasteiger partial charge in [0.15, 0.2) is 6.10 Å². The van der Waals surface area contributed by atoms with E-state index >= 15 is 0 Å². The Labute approximate surface area is 154 Å². The smallest absolute Gasteiger partial charge is 0.475 e. The van der Waals surface area contributed by atoms with Gasteiger partial charge in [-0.15, -0.1) is 0 Å². The minimum atomic E-state index is -5.08. The first-order valence-corrected chi connectivity index (χ1v) is 7.41. The number of anilines is 1. The average molecular weight is 418 g/mol. The Bertz CT molecular complexity index is 728. The molecule has 1 amide bonds. The van der Waals surface area contributed by atoms with Gasteiger partial charge in [-0.25, -0.2) is 9.79 Å². The molecule has 0 fully saturated rings. The van der Waals surface area contributed by atoms with E-state index in [1.165, 1.54) is 0 Å². The summed E-state index contributed by atoms with van der Waals surface area (Å²) in [5.41, 5.74) is 1.41. The first-order valence-electron chi connectivity index (χ1n) is 6.65. The number of rotatable bonds is 2. The number of hydrogen-bond acceptors (Lipinski definition) is 6. The molecule has 1 atom stereocenters. The number of aliphatic carboxylic acids is 1. The van der Waals surface area contributed by atoms with Crippen molar-refractivity contribution in [2.24, 2.45) is 4.99 Å². The summed E-state index contributed by atoms with van der Waals surface area (Å²) in [5.74, 6) is -3.31. The second kappa shape index (κ2) is 9.03. The van der Waals surface area contributed by atoms with Gasteiger partial charge in [-0.1, -0.05) is 23.2 Å². The van der Waals surface area contributed by atoms with Crippen molar-refractivity contribution < 1.29 is 38.1 Å². The third kappa shape index (κ3) is 6.02. The van der Waals surface area contributed by atoms with Gasteiger partial charge < -0.3 is 20.6 Å². The van der Waals surface area contributed by atoms with Crippen LogP contribution >= 0.6 is 23.2 Å². The number of carboxylic acid groups (broad SMARTS) is 1. The average Bonchev–Trinajstić information content (AvgIpc) is 2.57. The highest BCUT2D eigenvalue weighted by Gasteiger charge is 2.38. The molecule has 0 aromatic heterocycles. The Hall–Kier alpha value is -2.08. The molecule has 1 heterocycles. The standard InChI is InChI=1S/C11H11Cl2N3O3.C2HF3O2/c12-6-1-2-7-5(9(6)13)3-14-11(15-7)16-10(19)8(18)4-17;3-2(4,5)1(6)7/h1-2,8,17-18H,3-4H2,(H2,14,15,16,19);(H,6,7). The molecular formula is C13H12Cl2F3N3O5. The number of hydrogen-bond donors (Lipinski definition) is 5. The summed E-state index contributed by atoms with van der Waals surface area (Å²) in [6.45, 7) is -0.399. The van der Waals surface area contributed by atoms with E-state index in [0.29, 0.717) is 15.7 Å². The van der Waals surface area contributed by atoms with E-state index in [1.54, 1.807) is 12.1 Å². The molecule has 1 aromatic carbocycles. The number of aliphatic imine (C=N–C) groups is 1. The molecule has 8 nitrogen and oxygen atoms in total. The third-order valence-electron chi connectivity index (χ3n) is 2.80. The molecular weight excluding hydrogens is 406 g/mol. The maximum absolute atomic E-state index is 11.4. The lowest BCUT2D eigenvalue weighted by molar-refractivity contribution is -0.192. The molecule has 144 valence electrons. The molecule has 0 saturated carbocycles. The molecule has 26 heavy (non-hydrogen) atoms. The lowest BCUT2D eigenvalue weighted by atomic mass is 10.1. The van der Waals surface area contributed by atoms with E-state index < -0.39 is 30.8 Å². The van der Waals surface area contributed by atoms with Gasteiger partial charge in [0.05, 0.1) is 23.2 Å². The second-order valence-corrected chi connectivity index (χ2v) is 5.45. The predicted molar refractivity (Wildman–Crippen MR) is 86.1 cm³/mol. The molecule has 1 unspecified atom stereocenters. The number of nitrogens with one attached hydrogen (secondary N) is 2. The number of fused-ring (bicyclic) bond motifs is 1. The van der Waals surface area contributed by atoms with Crippen LogP contribution in [0, 0.1) is 0 Å². The number of guanidine groups is 1. The van der Waals surface area contributed by atoms with E-state index in [0.717, 1.165) is 5.56 Å². The van der Waals surface area contributed by atoms with Crippen LogP contribution in [0.15, 0.2) is 17.1 Å². The first-order chi connectivity index (χ1) is 12.0. The lowest BCUT2D eigenvalue weighted by Crippen LogP contribution is -2.44. The minimum Gasteiger partial charge on any atom is -0.475 e. The van der Waals surface area contributed by atoms with Gasteiger partial charge in [0.2, 0.25) is 5.96 Å². The molecule has 1 aliphatic heterocycles. The summed E-state index contributed by atoms with van der Waals surface area (Å²) in [7, 11) is 0. The zero-order chi connectivity index (χ0) is 20.1. The summed E-state index contributed by atoms with van der Waals surface area (Å²) in [6, 6.07) is 3.34. The Morgan fingerprint density at radius 3 is 2.42 bits per heavy atom. The number of carbonyl (C=O) groups excluding carboxylic acids is 1. The summed E-state index contributed by atoms with van der Waals surface area (Å²) in [4.78, 5) is 24.3. The van der Waals surface area contributed by atoms with Crippen LogP contribution in [0.2, 0.25) is 10.0 Å². The summed E-state index contributed by atoms with van der Waals surface area (Å²) in [6.07, 6.45) is -6.57. The highest BCUT2D eigenvalue weighted by molar-refractivity contribution is 6.42. The van der Waals surface area contributed by atoms with Crippen molar-refractivity contribution in [1.29, 1.82) is 0 Å². The number of aliphatic hydroxyl groups excluding tert-OH is 2. The van der Waals surface area contributed by atoms with E-state index in [1.807, 2.05) is 0 Å². The number of carboxylic acids is 1. The van der Waals surface area contributed by atoms with Crippen LogP contribution in [0.3, 0.4) is 0 Å². The van der Waals surface area contributed by atoms with Crippen molar-refractivity contribution >= 4 is 46.7 Å². The quantitative estimate of drug-likeness (QED) is 0.493. The Morgan fingerprint density at radius 2 is 1.92 bits per heavy atom. The fourth-order valence-corrected chi connectivity index (χ4v) is 1.94. The topological polar surface area (TPSA) is 131 Å².